The van der Waals surface area contributed by atoms with Crippen molar-refractivity contribution < 1.29 is 39.5 Å². The number of rotatable bonds is 3. The Kier molecular flexibility index (Phi) is 10.6. The molecule has 2 aromatic carbocycles. The smallest absolute Gasteiger partial charge is 0.550 e. The Hall–Kier alpha value is -0.710. The summed E-state index contributed by atoms with van der Waals surface area (Å²) in [5.41, 5.74) is 1.56. The van der Waals surface area contributed by atoms with Crippen molar-refractivity contribution in [1.82, 2.24) is 0 Å². The predicted molar refractivity (Wildman–Crippen MR) is 75.8 cm³/mol. The number of hydrogen-bond acceptors (Lipinski definition) is 3. The van der Waals surface area contributed by atoms with Gasteiger partial charge in [0.25, 0.3) is 0 Å². The number of carbonyl (C=O) groups is 1. The molecule has 0 atom stereocenters. The summed E-state index contributed by atoms with van der Waals surface area (Å²) >= 11 is 10.8. The van der Waals surface area contributed by atoms with Crippen LogP contribution in [0.1, 0.15) is 5.56 Å². The van der Waals surface area contributed by atoms with E-state index in [1.807, 2.05) is 36.4 Å². The summed E-state index contributed by atoms with van der Waals surface area (Å²) < 4.78 is 1.03. The Morgan fingerprint density at radius 1 is 0.950 bits per heavy atom. The van der Waals surface area contributed by atoms with E-state index in [1.54, 1.807) is 24.3 Å². The van der Waals surface area contributed by atoms with Crippen molar-refractivity contribution in [3.8, 4) is 0 Å². The van der Waals surface area contributed by atoms with Gasteiger partial charge in [0.2, 0.25) is 0 Å². The maximum Gasteiger partial charge on any atom is 1.00 e. The van der Waals surface area contributed by atoms with Gasteiger partial charge < -0.3 is 9.90 Å². The van der Waals surface area contributed by atoms with Gasteiger partial charge in [-0.15, -0.1) is 0 Å². The molecule has 2 rings (SSSR count). The first-order valence-corrected chi connectivity index (χ1v) is 6.17. The van der Waals surface area contributed by atoms with Gasteiger partial charge in [-0.25, -0.2) is 0 Å². The summed E-state index contributed by atoms with van der Waals surface area (Å²) in [5.74, 6) is -1.04. The summed E-state index contributed by atoms with van der Waals surface area (Å²) in [6, 6.07) is 18.3. The van der Waals surface area contributed by atoms with Crippen molar-refractivity contribution in [2.24, 2.45) is 0 Å². The maximum atomic E-state index is 10.1. The minimum atomic E-state index is -1.04. The summed E-state index contributed by atoms with van der Waals surface area (Å²) in [7, 11) is 0. The normalized spacial score (nSPS) is 8.70. The molecule has 0 saturated heterocycles. The number of para-hydroxylation sites is 1. The van der Waals surface area contributed by atoms with Crippen LogP contribution in [0.3, 0.4) is 0 Å². The molecule has 0 amide bonds. The van der Waals surface area contributed by atoms with Gasteiger partial charge in [-0.3, -0.25) is 0 Å². The molecular weight excluding hydrogens is 308 g/mol. The summed E-state index contributed by atoms with van der Waals surface area (Å²) in [6.45, 7) is 0. The van der Waals surface area contributed by atoms with Crippen LogP contribution in [0, 0.1) is 0 Å². The number of carboxylic acid groups (broad SMARTS) is 1. The molecule has 6 heteroatoms. The Bertz CT molecular complexity index is 495. The van der Waals surface area contributed by atoms with Crippen LogP contribution in [0.25, 0.3) is 0 Å². The van der Waals surface area contributed by atoms with E-state index in [2.05, 4.69) is 0 Å². The molecule has 2 aromatic rings. The zero-order valence-corrected chi connectivity index (χ0v) is 14.5. The van der Waals surface area contributed by atoms with Crippen LogP contribution < -0.4 is 38.6 Å². The van der Waals surface area contributed by atoms with E-state index < -0.39 is 5.97 Å². The second-order valence-electron chi connectivity index (χ2n) is 3.60. The van der Waals surface area contributed by atoms with E-state index in [0.717, 1.165) is 15.2 Å². The molecule has 0 unspecified atom stereocenters. The SMILES string of the molecule is ClN(Cl)c1ccccc1.O=C([O-])Cc1ccccc1.[Na+]. The zero-order chi connectivity index (χ0) is 14.1. The molecule has 0 saturated carbocycles. The van der Waals surface area contributed by atoms with Crippen molar-refractivity contribution in [2.75, 3.05) is 3.94 Å². The van der Waals surface area contributed by atoms with Crippen molar-refractivity contribution in [2.45, 2.75) is 6.42 Å². The Morgan fingerprint density at radius 3 is 1.75 bits per heavy atom. The molecule has 0 aliphatic heterocycles. The van der Waals surface area contributed by atoms with Gasteiger partial charge >= 0.3 is 29.6 Å². The van der Waals surface area contributed by atoms with E-state index in [-0.39, 0.29) is 36.0 Å². The molecule has 20 heavy (non-hydrogen) atoms. The molecular formula is C14H12Cl2NNaO2. The van der Waals surface area contributed by atoms with E-state index in [1.165, 1.54) is 0 Å². The fourth-order valence-corrected chi connectivity index (χ4v) is 1.53. The second kappa shape index (κ2) is 11.0. The monoisotopic (exact) mass is 319 g/mol. The van der Waals surface area contributed by atoms with Gasteiger partial charge in [-0.2, -0.15) is 3.94 Å². The summed E-state index contributed by atoms with van der Waals surface area (Å²) in [5, 5.41) is 10.1. The quantitative estimate of drug-likeness (QED) is 0.580. The van der Waals surface area contributed by atoms with Gasteiger partial charge in [0.05, 0.1) is 5.69 Å². The van der Waals surface area contributed by atoms with Crippen molar-refractivity contribution in [3.05, 3.63) is 66.2 Å². The largest absolute Gasteiger partial charge is 1.00 e. The van der Waals surface area contributed by atoms with E-state index in [4.69, 9.17) is 23.6 Å². The number of hydrogen-bond donors (Lipinski definition) is 0. The average molecular weight is 320 g/mol. The predicted octanol–water partition coefficient (Wildman–Crippen LogP) is -0.216. The molecule has 0 spiro atoms. The van der Waals surface area contributed by atoms with Gasteiger partial charge in [-0.1, -0.05) is 48.5 Å². The third kappa shape index (κ3) is 8.46. The molecule has 0 N–H and O–H groups in total. The third-order valence-electron chi connectivity index (χ3n) is 2.14. The Labute approximate surface area is 150 Å². The van der Waals surface area contributed by atoms with Crippen LogP contribution in [0.2, 0.25) is 0 Å². The van der Waals surface area contributed by atoms with Crippen LogP contribution in [0.15, 0.2) is 60.7 Å². The minimum absolute atomic E-state index is 0. The van der Waals surface area contributed by atoms with E-state index in [0.29, 0.717) is 0 Å². The zero-order valence-electron chi connectivity index (χ0n) is 11.0. The Morgan fingerprint density at radius 2 is 1.40 bits per heavy atom. The number of anilines is 1. The van der Waals surface area contributed by atoms with Gasteiger partial charge in [0, 0.05) is 35.9 Å². The molecule has 0 bridgehead atoms. The molecule has 0 aliphatic carbocycles. The molecule has 0 fully saturated rings. The number of benzene rings is 2. The first-order valence-electron chi connectivity index (χ1n) is 5.50. The number of carbonyl (C=O) groups excluding carboxylic acids is 1. The van der Waals surface area contributed by atoms with Crippen LogP contribution in [0.4, 0.5) is 5.69 Å². The summed E-state index contributed by atoms with van der Waals surface area (Å²) in [6.07, 6.45) is 0.000833. The molecule has 0 aliphatic rings. The average Bonchev–Trinajstić information content (AvgIpc) is 2.41. The second-order valence-corrected chi connectivity index (χ2v) is 4.45. The standard InChI is InChI=1S/C8H8O2.C6H5Cl2N.Na/c9-8(10)6-7-4-2-1-3-5-7;7-9(8)6-4-2-1-3-5-6;/h1-5H,6H2,(H,9,10);1-5H;/q;;+1/p-1. The van der Waals surface area contributed by atoms with Crippen LogP contribution >= 0.6 is 23.6 Å². The van der Waals surface area contributed by atoms with E-state index >= 15 is 0 Å². The fourth-order valence-electron chi connectivity index (χ4n) is 1.30. The first kappa shape index (κ1) is 19.3. The molecule has 100 valence electrons. The molecule has 0 radical (unpaired) electrons. The van der Waals surface area contributed by atoms with Crippen molar-refractivity contribution >= 4 is 35.2 Å². The van der Waals surface area contributed by atoms with Crippen LogP contribution in [-0.4, -0.2) is 5.97 Å². The van der Waals surface area contributed by atoms with Gasteiger partial charge in [-0.05, 0) is 17.7 Å². The molecule has 0 heterocycles. The van der Waals surface area contributed by atoms with Crippen LogP contribution in [0.5, 0.6) is 0 Å². The minimum Gasteiger partial charge on any atom is -0.550 e. The Balaban J connectivity index is 0.000000345. The molecule has 3 nitrogen and oxygen atoms in total. The first-order chi connectivity index (χ1) is 9.09. The van der Waals surface area contributed by atoms with Crippen molar-refractivity contribution in [3.63, 3.8) is 0 Å². The van der Waals surface area contributed by atoms with Crippen LogP contribution in [-0.2, 0) is 11.2 Å². The maximum absolute atomic E-state index is 10.1. The fraction of sp³-hybridized carbons (Fsp3) is 0.0714. The number of halogens is 2. The van der Waals surface area contributed by atoms with Crippen molar-refractivity contribution in [1.29, 1.82) is 0 Å². The topological polar surface area (TPSA) is 43.4 Å². The van der Waals surface area contributed by atoms with Gasteiger partial charge in [0.15, 0.2) is 0 Å². The number of nitrogens with zero attached hydrogens (tertiary/aromatic N) is 1. The van der Waals surface area contributed by atoms with Gasteiger partial charge in [0.1, 0.15) is 0 Å². The third-order valence-corrected chi connectivity index (χ3v) is 2.53. The number of aliphatic carboxylic acids is 1. The van der Waals surface area contributed by atoms with E-state index in [9.17, 15) is 9.90 Å². The molecule has 0 aromatic heterocycles. The number of carboxylic acids is 1. The summed E-state index contributed by atoms with van der Waals surface area (Å²) in [4.78, 5) is 10.1.